The summed E-state index contributed by atoms with van der Waals surface area (Å²) in [5.41, 5.74) is 5.33. The van der Waals surface area contributed by atoms with Crippen LogP contribution in [0.4, 0.5) is 11.5 Å². The molecule has 1 aliphatic heterocycles. The molecule has 1 atom stereocenters. The zero-order valence-electron chi connectivity index (χ0n) is 21.3. The van der Waals surface area contributed by atoms with Crippen LogP contribution in [0.5, 0.6) is 0 Å². The van der Waals surface area contributed by atoms with Crippen molar-refractivity contribution in [3.05, 3.63) is 83.9 Å². The first kappa shape index (κ1) is 23.5. The standard InChI is InChI=1S/C28H26N8O2/c1-17-8-7-11-23(19(17)3)35-26-22(14-31-35)27(30-16-29-26)36-24(12-18(2)33-36)32-28(38)20-13-25(37)34(15-20)21-9-5-4-6-10-21/h4-12,14,16,20H,13,15H2,1-3H3,(H,32,38). The molecule has 1 saturated heterocycles. The maximum Gasteiger partial charge on any atom is 0.230 e. The minimum absolute atomic E-state index is 0.0718. The highest BCUT2D eigenvalue weighted by Crippen LogP contribution is 2.28. The van der Waals surface area contributed by atoms with Crippen molar-refractivity contribution in [3.8, 4) is 11.5 Å². The molecule has 10 nitrogen and oxygen atoms in total. The fraction of sp³-hybridized carbons (Fsp3) is 0.214. The van der Waals surface area contributed by atoms with Gasteiger partial charge in [0.1, 0.15) is 12.1 Å². The lowest BCUT2D eigenvalue weighted by Gasteiger charge is -2.16. The monoisotopic (exact) mass is 506 g/mol. The summed E-state index contributed by atoms with van der Waals surface area (Å²) in [6.07, 6.45) is 3.33. The lowest BCUT2D eigenvalue weighted by Crippen LogP contribution is -2.28. The van der Waals surface area contributed by atoms with Gasteiger partial charge in [-0.1, -0.05) is 30.3 Å². The summed E-state index contributed by atoms with van der Waals surface area (Å²) < 4.78 is 3.39. The summed E-state index contributed by atoms with van der Waals surface area (Å²) in [4.78, 5) is 36.6. The minimum Gasteiger partial charge on any atom is -0.312 e. The van der Waals surface area contributed by atoms with Crippen molar-refractivity contribution in [2.45, 2.75) is 27.2 Å². The second-order valence-electron chi connectivity index (χ2n) is 9.52. The molecule has 5 aromatic rings. The maximum atomic E-state index is 13.3. The van der Waals surface area contributed by atoms with E-state index < -0.39 is 5.92 Å². The zero-order valence-corrected chi connectivity index (χ0v) is 21.3. The van der Waals surface area contributed by atoms with Gasteiger partial charge in [0.2, 0.25) is 11.8 Å². The third-order valence-electron chi connectivity index (χ3n) is 7.00. The highest BCUT2D eigenvalue weighted by Gasteiger charge is 2.35. The molecule has 0 bridgehead atoms. The Morgan fingerprint density at radius 1 is 1.00 bits per heavy atom. The van der Waals surface area contributed by atoms with Gasteiger partial charge in [-0.05, 0) is 50.1 Å². The van der Waals surface area contributed by atoms with E-state index in [0.717, 1.165) is 22.5 Å². The quantitative estimate of drug-likeness (QED) is 0.387. The second kappa shape index (κ2) is 9.22. The number of aromatic nitrogens is 6. The van der Waals surface area contributed by atoms with Gasteiger partial charge in [0, 0.05) is 24.7 Å². The smallest absolute Gasteiger partial charge is 0.230 e. The summed E-state index contributed by atoms with van der Waals surface area (Å²) in [6.45, 7) is 6.28. The summed E-state index contributed by atoms with van der Waals surface area (Å²) >= 11 is 0. The Morgan fingerprint density at radius 3 is 2.63 bits per heavy atom. The van der Waals surface area contributed by atoms with E-state index in [1.54, 1.807) is 26.5 Å². The molecule has 10 heteroatoms. The lowest BCUT2D eigenvalue weighted by atomic mass is 10.1. The average molecular weight is 507 g/mol. The minimum atomic E-state index is -0.483. The second-order valence-corrected chi connectivity index (χ2v) is 9.52. The van der Waals surface area contributed by atoms with E-state index in [4.69, 9.17) is 0 Å². The number of anilines is 2. The molecule has 6 rings (SSSR count). The molecule has 1 aliphatic rings. The van der Waals surface area contributed by atoms with Gasteiger partial charge in [0.25, 0.3) is 0 Å². The molecule has 38 heavy (non-hydrogen) atoms. The highest BCUT2D eigenvalue weighted by atomic mass is 16.2. The van der Waals surface area contributed by atoms with Crippen LogP contribution in [0.15, 0.2) is 67.1 Å². The summed E-state index contributed by atoms with van der Waals surface area (Å²) in [5.74, 6) is 0.177. The van der Waals surface area contributed by atoms with Crippen LogP contribution in [-0.2, 0) is 9.59 Å². The third kappa shape index (κ3) is 4.00. The maximum absolute atomic E-state index is 13.3. The third-order valence-corrected chi connectivity index (χ3v) is 7.00. The Balaban J connectivity index is 1.31. The first-order valence-electron chi connectivity index (χ1n) is 12.4. The van der Waals surface area contributed by atoms with E-state index in [-0.39, 0.29) is 18.2 Å². The molecule has 3 aromatic heterocycles. The van der Waals surface area contributed by atoms with Crippen LogP contribution in [0.1, 0.15) is 23.2 Å². The van der Waals surface area contributed by atoms with Gasteiger partial charge in [-0.3, -0.25) is 9.59 Å². The van der Waals surface area contributed by atoms with Crippen molar-refractivity contribution in [3.63, 3.8) is 0 Å². The first-order valence-corrected chi connectivity index (χ1v) is 12.4. The highest BCUT2D eigenvalue weighted by molar-refractivity contribution is 6.03. The molecular formula is C28H26N8O2. The Labute approximate surface area is 218 Å². The topological polar surface area (TPSA) is 111 Å². The molecule has 190 valence electrons. The summed E-state index contributed by atoms with van der Waals surface area (Å²) in [6, 6.07) is 17.2. The zero-order chi connectivity index (χ0) is 26.4. The van der Waals surface area contributed by atoms with Crippen molar-refractivity contribution < 1.29 is 9.59 Å². The fourth-order valence-corrected chi connectivity index (χ4v) is 4.86. The predicted molar refractivity (Wildman–Crippen MR) is 144 cm³/mol. The predicted octanol–water partition coefficient (Wildman–Crippen LogP) is 3.92. The molecule has 4 heterocycles. The van der Waals surface area contributed by atoms with E-state index in [9.17, 15) is 9.59 Å². The largest absolute Gasteiger partial charge is 0.312 e. The molecule has 1 fully saturated rings. The number of carbonyl (C=O) groups is 2. The van der Waals surface area contributed by atoms with Crippen LogP contribution in [0, 0.1) is 26.7 Å². The van der Waals surface area contributed by atoms with E-state index in [1.807, 2.05) is 49.4 Å². The Morgan fingerprint density at radius 2 is 1.82 bits per heavy atom. The number of benzene rings is 2. The van der Waals surface area contributed by atoms with Gasteiger partial charge in [-0.25, -0.2) is 14.6 Å². The molecule has 1 unspecified atom stereocenters. The number of aryl methyl sites for hydroxylation is 2. The van der Waals surface area contributed by atoms with E-state index in [0.29, 0.717) is 34.9 Å². The van der Waals surface area contributed by atoms with Crippen molar-refractivity contribution in [1.82, 2.24) is 29.5 Å². The van der Waals surface area contributed by atoms with Crippen LogP contribution < -0.4 is 10.2 Å². The van der Waals surface area contributed by atoms with Gasteiger partial charge in [0.05, 0.1) is 28.9 Å². The van der Waals surface area contributed by atoms with Crippen molar-refractivity contribution in [1.29, 1.82) is 0 Å². The number of nitrogens with zero attached hydrogens (tertiary/aromatic N) is 7. The van der Waals surface area contributed by atoms with Crippen molar-refractivity contribution in [2.24, 2.45) is 5.92 Å². The first-order chi connectivity index (χ1) is 18.4. The van der Waals surface area contributed by atoms with Crippen molar-refractivity contribution >= 4 is 34.4 Å². The van der Waals surface area contributed by atoms with E-state index >= 15 is 0 Å². The lowest BCUT2D eigenvalue weighted by molar-refractivity contribution is -0.122. The number of para-hydroxylation sites is 1. The summed E-state index contributed by atoms with van der Waals surface area (Å²) in [7, 11) is 0. The molecule has 0 spiro atoms. The Kier molecular flexibility index (Phi) is 5.71. The molecular weight excluding hydrogens is 480 g/mol. The molecule has 2 aromatic carbocycles. The SMILES string of the molecule is Cc1cc(NC(=O)C2CC(=O)N(c3ccccc3)C2)n(-c2ncnc3c2cnn3-c2cccc(C)c2C)n1. The number of nitrogens with one attached hydrogen (secondary N) is 1. The molecule has 2 amide bonds. The van der Waals surface area contributed by atoms with Crippen LogP contribution in [0.25, 0.3) is 22.5 Å². The van der Waals surface area contributed by atoms with Gasteiger partial charge < -0.3 is 10.2 Å². The van der Waals surface area contributed by atoms with Crippen molar-refractivity contribution in [2.75, 3.05) is 16.8 Å². The fourth-order valence-electron chi connectivity index (χ4n) is 4.86. The number of hydrogen-bond acceptors (Lipinski definition) is 6. The number of hydrogen-bond donors (Lipinski definition) is 1. The van der Waals surface area contributed by atoms with Gasteiger partial charge in [-0.15, -0.1) is 0 Å². The number of amides is 2. The van der Waals surface area contributed by atoms with Crippen LogP contribution >= 0.6 is 0 Å². The molecule has 1 N–H and O–H groups in total. The van der Waals surface area contributed by atoms with E-state index in [1.165, 1.54) is 6.33 Å². The Bertz CT molecular complexity index is 1690. The number of fused-ring (bicyclic) bond motifs is 1. The molecule has 0 saturated carbocycles. The van der Waals surface area contributed by atoms with Crippen LogP contribution in [-0.4, -0.2) is 47.9 Å². The van der Waals surface area contributed by atoms with Gasteiger partial charge >= 0.3 is 0 Å². The summed E-state index contributed by atoms with van der Waals surface area (Å²) in [5, 5.41) is 12.9. The molecule has 0 aliphatic carbocycles. The number of rotatable bonds is 5. The van der Waals surface area contributed by atoms with Gasteiger partial charge in [0.15, 0.2) is 11.5 Å². The Hall–Kier alpha value is -4.86. The molecule has 0 radical (unpaired) electrons. The van der Waals surface area contributed by atoms with Crippen LogP contribution in [0.2, 0.25) is 0 Å². The van der Waals surface area contributed by atoms with Gasteiger partial charge in [-0.2, -0.15) is 14.9 Å². The van der Waals surface area contributed by atoms with E-state index in [2.05, 4.69) is 45.4 Å². The average Bonchev–Trinajstić information content (AvgIpc) is 3.62. The normalized spacial score (nSPS) is 15.4. The van der Waals surface area contributed by atoms with Crippen LogP contribution in [0.3, 0.4) is 0 Å². The number of carbonyl (C=O) groups excluding carboxylic acids is 2.